The topological polar surface area (TPSA) is 76.6 Å². The summed E-state index contributed by atoms with van der Waals surface area (Å²) < 4.78 is 1.37. The first-order chi connectivity index (χ1) is 6.52. The smallest absolute Gasteiger partial charge is 0.390 e. The van der Waals surface area contributed by atoms with Gasteiger partial charge in [-0.25, -0.2) is 4.57 Å². The maximum Gasteiger partial charge on any atom is 0.434 e. The van der Waals surface area contributed by atoms with Crippen LogP contribution in [0.4, 0.5) is 5.95 Å². The lowest BCUT2D eigenvalue weighted by Gasteiger charge is -2.01. The molecule has 0 aliphatic rings. The van der Waals surface area contributed by atoms with Crippen molar-refractivity contribution in [2.45, 2.75) is 0 Å². The van der Waals surface area contributed by atoms with E-state index in [2.05, 4.69) is 10.1 Å². The molecule has 0 aliphatic heterocycles. The standard InChI is InChI=1S/C7H11N5O2/c1-10(2)9-5-6-4-8-7(11(6)3)12(13)14/h4-5H,1-3H3/b9-5+. The fraction of sp³-hybridized carbons (Fsp3) is 0.429. The van der Waals surface area contributed by atoms with Crippen LogP contribution in [0.25, 0.3) is 0 Å². The van der Waals surface area contributed by atoms with E-state index in [9.17, 15) is 10.1 Å². The summed E-state index contributed by atoms with van der Waals surface area (Å²) in [7, 11) is 5.10. The molecule has 1 aromatic rings. The van der Waals surface area contributed by atoms with E-state index >= 15 is 0 Å². The summed E-state index contributed by atoms with van der Waals surface area (Å²) in [6.45, 7) is 0. The summed E-state index contributed by atoms with van der Waals surface area (Å²) in [5.74, 6) is -0.190. The number of rotatable bonds is 3. The molecule has 0 saturated carbocycles. The zero-order valence-corrected chi connectivity index (χ0v) is 8.21. The highest BCUT2D eigenvalue weighted by Crippen LogP contribution is 2.08. The molecule has 1 rings (SSSR count). The van der Waals surface area contributed by atoms with Gasteiger partial charge in [0.05, 0.1) is 13.3 Å². The van der Waals surface area contributed by atoms with E-state index in [0.29, 0.717) is 5.69 Å². The highest BCUT2D eigenvalue weighted by molar-refractivity contribution is 5.77. The lowest BCUT2D eigenvalue weighted by molar-refractivity contribution is -0.396. The van der Waals surface area contributed by atoms with Crippen molar-refractivity contribution in [3.8, 4) is 0 Å². The van der Waals surface area contributed by atoms with Crippen LogP contribution < -0.4 is 0 Å². The second-order valence-corrected chi connectivity index (χ2v) is 2.89. The number of aromatic nitrogens is 2. The number of imidazole rings is 1. The Morgan fingerprint density at radius 3 is 2.79 bits per heavy atom. The SMILES string of the molecule is CN(C)/N=C/c1cnc([N+](=O)[O-])n1C. The van der Waals surface area contributed by atoms with Gasteiger partial charge in [0, 0.05) is 14.1 Å². The van der Waals surface area contributed by atoms with Gasteiger partial charge in [-0.05, 0) is 4.92 Å². The van der Waals surface area contributed by atoms with E-state index in [1.165, 1.54) is 17.0 Å². The van der Waals surface area contributed by atoms with E-state index in [1.807, 2.05) is 0 Å². The summed E-state index contributed by atoms with van der Waals surface area (Å²) in [6, 6.07) is 0. The highest BCUT2D eigenvalue weighted by Gasteiger charge is 2.15. The summed E-state index contributed by atoms with van der Waals surface area (Å²) in [5, 5.41) is 16.0. The molecule has 1 heterocycles. The van der Waals surface area contributed by atoms with Gasteiger partial charge in [-0.1, -0.05) is 4.98 Å². The van der Waals surface area contributed by atoms with E-state index in [4.69, 9.17) is 0 Å². The largest absolute Gasteiger partial charge is 0.434 e. The highest BCUT2D eigenvalue weighted by atomic mass is 16.6. The van der Waals surface area contributed by atoms with Crippen LogP contribution in [0.5, 0.6) is 0 Å². The quantitative estimate of drug-likeness (QED) is 0.394. The minimum Gasteiger partial charge on any atom is -0.390 e. The third kappa shape index (κ3) is 2.06. The van der Waals surface area contributed by atoms with Crippen molar-refractivity contribution in [1.82, 2.24) is 14.6 Å². The van der Waals surface area contributed by atoms with Crippen molar-refractivity contribution in [2.75, 3.05) is 14.1 Å². The molecule has 0 amide bonds. The van der Waals surface area contributed by atoms with Crippen LogP contribution in [0.2, 0.25) is 0 Å². The third-order valence-corrected chi connectivity index (χ3v) is 1.58. The normalized spacial score (nSPS) is 10.8. The van der Waals surface area contributed by atoms with Gasteiger partial charge in [0.15, 0.2) is 5.69 Å². The average Bonchev–Trinajstić information content (AvgIpc) is 2.43. The van der Waals surface area contributed by atoms with Gasteiger partial charge in [0.25, 0.3) is 0 Å². The molecule has 0 atom stereocenters. The van der Waals surface area contributed by atoms with Crippen molar-refractivity contribution < 1.29 is 4.92 Å². The number of hydrazone groups is 1. The predicted octanol–water partition coefficient (Wildman–Crippen LogP) is 0.224. The van der Waals surface area contributed by atoms with E-state index < -0.39 is 4.92 Å². The monoisotopic (exact) mass is 197 g/mol. The fourth-order valence-electron chi connectivity index (χ4n) is 0.877. The molecule has 7 nitrogen and oxygen atoms in total. The van der Waals surface area contributed by atoms with Crippen molar-refractivity contribution in [3.63, 3.8) is 0 Å². The zero-order chi connectivity index (χ0) is 10.7. The molecule has 1 aromatic heterocycles. The maximum atomic E-state index is 10.4. The van der Waals surface area contributed by atoms with Gasteiger partial charge in [-0.3, -0.25) is 0 Å². The molecular weight excluding hydrogens is 186 g/mol. The van der Waals surface area contributed by atoms with Gasteiger partial charge >= 0.3 is 5.95 Å². The second-order valence-electron chi connectivity index (χ2n) is 2.89. The molecule has 0 bridgehead atoms. The van der Waals surface area contributed by atoms with Crippen LogP contribution in [0.3, 0.4) is 0 Å². The molecule has 0 aromatic carbocycles. The minimum absolute atomic E-state index is 0.190. The Labute approximate surface area is 80.8 Å². The van der Waals surface area contributed by atoms with E-state index in [-0.39, 0.29) is 5.95 Å². The molecule has 0 unspecified atom stereocenters. The van der Waals surface area contributed by atoms with Crippen LogP contribution in [0.15, 0.2) is 11.3 Å². The lowest BCUT2D eigenvalue weighted by Crippen LogP contribution is -2.05. The Kier molecular flexibility index (Phi) is 2.80. The van der Waals surface area contributed by atoms with E-state index in [0.717, 1.165) is 0 Å². The summed E-state index contributed by atoms with van der Waals surface area (Å²) in [4.78, 5) is 13.6. The maximum absolute atomic E-state index is 10.4. The molecule has 0 saturated heterocycles. The molecule has 0 spiro atoms. The van der Waals surface area contributed by atoms with Crippen LogP contribution >= 0.6 is 0 Å². The molecule has 0 aliphatic carbocycles. The molecule has 0 fully saturated rings. The van der Waals surface area contributed by atoms with Crippen molar-refractivity contribution in [2.24, 2.45) is 12.1 Å². The van der Waals surface area contributed by atoms with Gasteiger partial charge < -0.3 is 15.1 Å². The molecule has 76 valence electrons. The Morgan fingerprint density at radius 2 is 2.36 bits per heavy atom. The zero-order valence-electron chi connectivity index (χ0n) is 8.21. The van der Waals surface area contributed by atoms with Crippen molar-refractivity contribution >= 4 is 12.2 Å². The molecule has 14 heavy (non-hydrogen) atoms. The molecule has 0 radical (unpaired) electrons. The van der Waals surface area contributed by atoms with Crippen LogP contribution in [-0.2, 0) is 7.05 Å². The fourth-order valence-corrected chi connectivity index (χ4v) is 0.877. The van der Waals surface area contributed by atoms with Gasteiger partial charge in [0.1, 0.15) is 6.20 Å². The van der Waals surface area contributed by atoms with E-state index in [1.54, 1.807) is 26.2 Å². The van der Waals surface area contributed by atoms with Crippen LogP contribution in [0.1, 0.15) is 5.69 Å². The molecule has 0 N–H and O–H groups in total. The van der Waals surface area contributed by atoms with Crippen LogP contribution in [-0.4, -0.2) is 39.8 Å². The first kappa shape index (κ1) is 10.2. The first-order valence-electron chi connectivity index (χ1n) is 3.89. The predicted molar refractivity (Wildman–Crippen MR) is 51.1 cm³/mol. The van der Waals surface area contributed by atoms with Gasteiger partial charge in [-0.2, -0.15) is 5.10 Å². The van der Waals surface area contributed by atoms with Crippen molar-refractivity contribution in [3.05, 3.63) is 22.0 Å². The number of nitrogens with zero attached hydrogens (tertiary/aromatic N) is 5. The summed E-state index contributed by atoms with van der Waals surface area (Å²) in [6.07, 6.45) is 2.92. The van der Waals surface area contributed by atoms with Crippen molar-refractivity contribution in [1.29, 1.82) is 0 Å². The van der Waals surface area contributed by atoms with Crippen LogP contribution in [0, 0.1) is 10.1 Å². The Hall–Kier alpha value is -1.92. The van der Waals surface area contributed by atoms with Gasteiger partial charge in [-0.15, -0.1) is 0 Å². The Balaban J connectivity index is 2.96. The van der Waals surface area contributed by atoms with Gasteiger partial charge in [0.2, 0.25) is 0 Å². The second kappa shape index (κ2) is 3.86. The summed E-state index contributed by atoms with van der Waals surface area (Å²) >= 11 is 0. The number of hydrogen-bond acceptors (Lipinski definition) is 5. The lowest BCUT2D eigenvalue weighted by atomic mass is 10.5. The number of nitro groups is 1. The Bertz CT molecular complexity index is 368. The average molecular weight is 197 g/mol. The molecule has 7 heteroatoms. The third-order valence-electron chi connectivity index (χ3n) is 1.58. The number of hydrogen-bond donors (Lipinski definition) is 0. The Morgan fingerprint density at radius 1 is 1.71 bits per heavy atom. The minimum atomic E-state index is -0.535. The summed E-state index contributed by atoms with van der Waals surface area (Å²) in [5.41, 5.74) is 0.588. The first-order valence-corrected chi connectivity index (χ1v) is 3.89. The molecular formula is C7H11N5O2.